The molecule has 0 radical (unpaired) electrons. The van der Waals surface area contributed by atoms with Crippen LogP contribution < -0.4 is 10.6 Å². The van der Waals surface area contributed by atoms with E-state index in [4.69, 9.17) is 0 Å². The first kappa shape index (κ1) is 14.0. The van der Waals surface area contributed by atoms with Crippen molar-refractivity contribution in [3.63, 3.8) is 0 Å². The van der Waals surface area contributed by atoms with Gasteiger partial charge in [0.2, 0.25) is 5.91 Å². The van der Waals surface area contributed by atoms with Crippen LogP contribution in [0.25, 0.3) is 0 Å². The van der Waals surface area contributed by atoms with Gasteiger partial charge in [-0.25, -0.2) is 0 Å². The van der Waals surface area contributed by atoms with Gasteiger partial charge in [0, 0.05) is 31.4 Å². The number of nitrogens with one attached hydrogen (secondary N) is 2. The molecule has 1 atom stereocenters. The normalized spacial score (nSPS) is 20.3. The molecule has 2 N–H and O–H groups in total. The summed E-state index contributed by atoms with van der Waals surface area (Å²) in [5, 5.41) is 6.35. The molecule has 4 heteroatoms. The molecule has 19 heavy (non-hydrogen) atoms. The number of amides is 1. The van der Waals surface area contributed by atoms with Crippen molar-refractivity contribution in [1.82, 2.24) is 10.2 Å². The van der Waals surface area contributed by atoms with Crippen LogP contribution in [0.5, 0.6) is 0 Å². The van der Waals surface area contributed by atoms with Crippen LogP contribution in [0.4, 0.5) is 5.69 Å². The molecule has 0 saturated carbocycles. The lowest BCUT2D eigenvalue weighted by Crippen LogP contribution is -2.52. The third-order valence-electron chi connectivity index (χ3n) is 3.86. The van der Waals surface area contributed by atoms with Gasteiger partial charge in [0.05, 0.1) is 6.54 Å². The Hall–Kier alpha value is -1.39. The van der Waals surface area contributed by atoms with Gasteiger partial charge in [0.1, 0.15) is 0 Å². The number of benzene rings is 1. The lowest BCUT2D eigenvalue weighted by atomic mass is 10.1. The second kappa shape index (κ2) is 6.17. The van der Waals surface area contributed by atoms with Gasteiger partial charge in [-0.1, -0.05) is 12.1 Å². The van der Waals surface area contributed by atoms with Gasteiger partial charge in [-0.3, -0.25) is 9.69 Å². The summed E-state index contributed by atoms with van der Waals surface area (Å²) < 4.78 is 0. The number of carbonyl (C=O) groups excluding carboxylic acids is 1. The Labute approximate surface area is 115 Å². The Kier molecular flexibility index (Phi) is 4.56. The Morgan fingerprint density at radius 1 is 1.47 bits per heavy atom. The zero-order chi connectivity index (χ0) is 13.8. The third kappa shape index (κ3) is 3.55. The molecule has 1 aromatic rings. The van der Waals surface area contributed by atoms with Crippen LogP contribution in [0.3, 0.4) is 0 Å². The van der Waals surface area contributed by atoms with E-state index < -0.39 is 0 Å². The Balaban J connectivity index is 1.95. The molecule has 1 heterocycles. The van der Waals surface area contributed by atoms with Gasteiger partial charge in [-0.05, 0) is 38.0 Å². The van der Waals surface area contributed by atoms with E-state index in [9.17, 15) is 4.79 Å². The summed E-state index contributed by atoms with van der Waals surface area (Å²) in [6.45, 7) is 9.56. The molecule has 1 aliphatic heterocycles. The highest BCUT2D eigenvalue weighted by Crippen LogP contribution is 2.18. The number of piperazine rings is 1. The predicted octanol–water partition coefficient (Wildman–Crippen LogP) is 1.54. The van der Waals surface area contributed by atoms with Crippen LogP contribution in [-0.2, 0) is 4.79 Å². The van der Waals surface area contributed by atoms with E-state index >= 15 is 0 Å². The van der Waals surface area contributed by atoms with E-state index in [1.807, 2.05) is 19.1 Å². The lowest BCUT2D eigenvalue weighted by Gasteiger charge is -2.33. The molecule has 1 saturated heterocycles. The number of aryl methyl sites for hydroxylation is 1. The summed E-state index contributed by atoms with van der Waals surface area (Å²) in [7, 11) is 0. The van der Waals surface area contributed by atoms with Crippen LogP contribution in [0.1, 0.15) is 18.1 Å². The number of anilines is 1. The summed E-state index contributed by atoms with van der Waals surface area (Å²) in [5.74, 6) is 0.0717. The van der Waals surface area contributed by atoms with E-state index in [2.05, 4.69) is 35.4 Å². The summed E-state index contributed by atoms with van der Waals surface area (Å²) >= 11 is 0. The van der Waals surface area contributed by atoms with Gasteiger partial charge in [-0.15, -0.1) is 0 Å². The first-order valence-corrected chi connectivity index (χ1v) is 6.89. The summed E-state index contributed by atoms with van der Waals surface area (Å²) in [6, 6.07) is 6.41. The molecule has 0 spiro atoms. The second-order valence-electron chi connectivity index (χ2n) is 5.32. The number of hydrogen-bond donors (Lipinski definition) is 2. The molecule has 2 rings (SSSR count). The summed E-state index contributed by atoms with van der Waals surface area (Å²) in [6.07, 6.45) is 0. The van der Waals surface area contributed by atoms with E-state index in [1.54, 1.807) is 0 Å². The second-order valence-corrected chi connectivity index (χ2v) is 5.32. The van der Waals surface area contributed by atoms with Gasteiger partial charge in [0.25, 0.3) is 0 Å². The smallest absolute Gasteiger partial charge is 0.238 e. The lowest BCUT2D eigenvalue weighted by molar-refractivity contribution is -0.118. The SMILES string of the molecule is Cc1cccc(NC(=O)CN2CCNCC2C)c1C. The average molecular weight is 261 g/mol. The van der Waals surface area contributed by atoms with Crippen LogP contribution in [-0.4, -0.2) is 43.0 Å². The molecule has 104 valence electrons. The van der Waals surface area contributed by atoms with Gasteiger partial charge in [0.15, 0.2) is 0 Å². The zero-order valence-electron chi connectivity index (χ0n) is 12.0. The standard InChI is InChI=1S/C15H23N3O/c1-11-5-4-6-14(13(11)3)17-15(19)10-18-8-7-16-9-12(18)2/h4-6,12,16H,7-10H2,1-3H3,(H,17,19). The van der Waals surface area contributed by atoms with Crippen molar-refractivity contribution in [3.05, 3.63) is 29.3 Å². The van der Waals surface area contributed by atoms with Crippen molar-refractivity contribution in [2.75, 3.05) is 31.5 Å². The molecular weight excluding hydrogens is 238 g/mol. The van der Waals surface area contributed by atoms with Gasteiger partial charge >= 0.3 is 0 Å². The predicted molar refractivity (Wildman–Crippen MR) is 78.5 cm³/mol. The first-order chi connectivity index (χ1) is 9.08. The zero-order valence-corrected chi connectivity index (χ0v) is 12.0. The molecule has 1 amide bonds. The van der Waals surface area contributed by atoms with Crippen molar-refractivity contribution in [1.29, 1.82) is 0 Å². The van der Waals surface area contributed by atoms with E-state index in [1.165, 1.54) is 5.56 Å². The minimum Gasteiger partial charge on any atom is -0.325 e. The molecule has 1 fully saturated rings. The van der Waals surface area contributed by atoms with Crippen molar-refractivity contribution >= 4 is 11.6 Å². The number of carbonyl (C=O) groups is 1. The fraction of sp³-hybridized carbons (Fsp3) is 0.533. The molecule has 0 aromatic heterocycles. The molecule has 1 unspecified atom stereocenters. The number of nitrogens with zero attached hydrogens (tertiary/aromatic N) is 1. The Bertz CT molecular complexity index is 459. The fourth-order valence-corrected chi connectivity index (χ4v) is 2.38. The highest BCUT2D eigenvalue weighted by atomic mass is 16.2. The van der Waals surface area contributed by atoms with Gasteiger partial charge in [-0.2, -0.15) is 0 Å². The van der Waals surface area contributed by atoms with E-state index in [0.717, 1.165) is 30.9 Å². The summed E-state index contributed by atoms with van der Waals surface area (Å²) in [5.41, 5.74) is 3.27. The highest BCUT2D eigenvalue weighted by Gasteiger charge is 2.20. The monoisotopic (exact) mass is 261 g/mol. The molecule has 1 aliphatic rings. The Morgan fingerprint density at radius 3 is 3.00 bits per heavy atom. The van der Waals surface area contributed by atoms with Gasteiger partial charge < -0.3 is 10.6 Å². The Morgan fingerprint density at radius 2 is 2.26 bits per heavy atom. The van der Waals surface area contributed by atoms with Crippen LogP contribution in [0.2, 0.25) is 0 Å². The van der Waals surface area contributed by atoms with Crippen molar-refractivity contribution in [2.24, 2.45) is 0 Å². The molecule has 4 nitrogen and oxygen atoms in total. The maximum Gasteiger partial charge on any atom is 0.238 e. The fourth-order valence-electron chi connectivity index (χ4n) is 2.38. The largest absolute Gasteiger partial charge is 0.325 e. The minimum atomic E-state index is 0.0717. The number of hydrogen-bond acceptors (Lipinski definition) is 3. The maximum absolute atomic E-state index is 12.1. The molecule has 0 bridgehead atoms. The van der Waals surface area contributed by atoms with Crippen LogP contribution in [0.15, 0.2) is 18.2 Å². The average Bonchev–Trinajstić information content (AvgIpc) is 2.38. The van der Waals surface area contributed by atoms with Crippen LogP contribution in [0, 0.1) is 13.8 Å². The van der Waals surface area contributed by atoms with Crippen molar-refractivity contribution < 1.29 is 4.79 Å². The third-order valence-corrected chi connectivity index (χ3v) is 3.86. The number of rotatable bonds is 3. The first-order valence-electron chi connectivity index (χ1n) is 6.89. The van der Waals surface area contributed by atoms with Crippen LogP contribution >= 0.6 is 0 Å². The molecular formula is C15H23N3O. The molecule has 1 aromatic carbocycles. The summed E-state index contributed by atoms with van der Waals surface area (Å²) in [4.78, 5) is 14.3. The van der Waals surface area contributed by atoms with Crippen molar-refractivity contribution in [3.8, 4) is 0 Å². The topological polar surface area (TPSA) is 44.4 Å². The minimum absolute atomic E-state index is 0.0717. The van der Waals surface area contributed by atoms with E-state index in [-0.39, 0.29) is 5.91 Å². The quantitative estimate of drug-likeness (QED) is 0.867. The maximum atomic E-state index is 12.1. The van der Waals surface area contributed by atoms with Crippen molar-refractivity contribution in [2.45, 2.75) is 26.8 Å². The molecule has 0 aliphatic carbocycles. The van der Waals surface area contributed by atoms with E-state index in [0.29, 0.717) is 12.6 Å². The highest BCUT2D eigenvalue weighted by molar-refractivity contribution is 5.93.